The second kappa shape index (κ2) is 5.55. The van der Waals surface area contributed by atoms with E-state index in [2.05, 4.69) is 6.07 Å². The third-order valence-corrected chi connectivity index (χ3v) is 5.88. The molecular weight excluding hydrogens is 321 g/mol. The van der Waals surface area contributed by atoms with Crippen molar-refractivity contribution in [3.63, 3.8) is 0 Å². The van der Waals surface area contributed by atoms with Crippen LogP contribution in [0.15, 0.2) is 24.3 Å². The van der Waals surface area contributed by atoms with Crippen molar-refractivity contribution >= 4 is 17.5 Å². The Morgan fingerprint density at radius 1 is 1.16 bits per heavy atom. The minimum absolute atomic E-state index is 0.0256. The Morgan fingerprint density at radius 3 is 2.48 bits per heavy atom. The molecule has 1 spiro atoms. The number of likely N-dealkylation sites (tertiary alicyclic amines) is 1. The van der Waals surface area contributed by atoms with Gasteiger partial charge in [-0.2, -0.15) is 5.26 Å². The monoisotopic (exact) mass is 341 g/mol. The first-order valence-corrected chi connectivity index (χ1v) is 8.74. The van der Waals surface area contributed by atoms with Gasteiger partial charge in [-0.25, -0.2) is 4.39 Å². The highest BCUT2D eigenvalue weighted by molar-refractivity contribution is 5.96. The quantitative estimate of drug-likeness (QED) is 0.830. The average Bonchev–Trinajstić information content (AvgIpc) is 3.15. The average molecular weight is 341 g/mol. The molecule has 130 valence electrons. The van der Waals surface area contributed by atoms with Crippen LogP contribution in [0.5, 0.6) is 0 Å². The van der Waals surface area contributed by atoms with Gasteiger partial charge in [-0.3, -0.25) is 9.59 Å². The number of anilines is 1. The summed E-state index contributed by atoms with van der Waals surface area (Å²) in [5, 5.41) is 8.89. The number of amides is 2. The molecule has 1 aromatic rings. The summed E-state index contributed by atoms with van der Waals surface area (Å²) in [6.45, 7) is 1.52. The van der Waals surface area contributed by atoms with Gasteiger partial charge >= 0.3 is 0 Å². The minimum Gasteiger partial charge on any atom is -0.339 e. The summed E-state index contributed by atoms with van der Waals surface area (Å²) < 4.78 is 14.4. The Labute approximate surface area is 146 Å². The molecule has 1 atom stereocenters. The van der Waals surface area contributed by atoms with Gasteiger partial charge in [-0.05, 0) is 49.9 Å². The lowest BCUT2D eigenvalue weighted by Crippen LogP contribution is -2.50. The molecule has 3 aliphatic rings. The van der Waals surface area contributed by atoms with Gasteiger partial charge in [0.15, 0.2) is 5.67 Å². The van der Waals surface area contributed by atoms with Crippen molar-refractivity contribution in [2.24, 2.45) is 5.41 Å². The standard InChI is InChI=1S/C19H20FN3O2/c20-19(6-1-7-19)17(25)22-9-8-18(12-22)10-16(24)23(13-18)15-4-2-14(11-21)3-5-15/h2-5H,1,6-10,12-13H2/t18-/m1/s1. The van der Waals surface area contributed by atoms with Crippen molar-refractivity contribution in [3.8, 4) is 6.07 Å². The fraction of sp³-hybridized carbons (Fsp3) is 0.526. The second-order valence-electron chi connectivity index (χ2n) is 7.61. The maximum Gasteiger partial charge on any atom is 0.260 e. The van der Waals surface area contributed by atoms with E-state index in [0.717, 1.165) is 18.5 Å². The fourth-order valence-electron chi connectivity index (χ4n) is 4.21. The maximum atomic E-state index is 14.4. The number of halogens is 1. The molecule has 2 saturated heterocycles. The van der Waals surface area contributed by atoms with Gasteiger partial charge in [0.25, 0.3) is 5.91 Å². The van der Waals surface area contributed by atoms with E-state index in [-0.39, 0.29) is 17.2 Å². The number of hydrogen-bond donors (Lipinski definition) is 0. The lowest BCUT2D eigenvalue weighted by atomic mass is 9.81. The highest BCUT2D eigenvalue weighted by atomic mass is 19.1. The zero-order valence-corrected chi connectivity index (χ0v) is 14.0. The van der Waals surface area contributed by atoms with Crippen molar-refractivity contribution in [1.29, 1.82) is 5.26 Å². The van der Waals surface area contributed by atoms with Crippen molar-refractivity contribution in [2.75, 3.05) is 24.5 Å². The van der Waals surface area contributed by atoms with E-state index in [1.807, 2.05) is 0 Å². The van der Waals surface area contributed by atoms with E-state index in [9.17, 15) is 14.0 Å². The van der Waals surface area contributed by atoms with Crippen LogP contribution in [0.3, 0.4) is 0 Å². The van der Waals surface area contributed by atoms with Gasteiger partial charge in [-0.15, -0.1) is 0 Å². The third kappa shape index (κ3) is 2.58. The topological polar surface area (TPSA) is 64.4 Å². The number of carbonyl (C=O) groups excluding carboxylic acids is 2. The summed E-state index contributed by atoms with van der Waals surface area (Å²) in [6, 6.07) is 9.01. The molecule has 2 amide bonds. The van der Waals surface area contributed by atoms with Crippen LogP contribution in [0.4, 0.5) is 10.1 Å². The number of rotatable bonds is 2. The van der Waals surface area contributed by atoms with E-state index < -0.39 is 5.67 Å². The molecule has 0 unspecified atom stereocenters. The predicted molar refractivity (Wildman–Crippen MR) is 89.4 cm³/mol. The molecular formula is C19H20FN3O2. The van der Waals surface area contributed by atoms with E-state index in [4.69, 9.17) is 5.26 Å². The molecule has 2 heterocycles. The second-order valence-corrected chi connectivity index (χ2v) is 7.61. The van der Waals surface area contributed by atoms with Crippen molar-refractivity contribution in [1.82, 2.24) is 4.90 Å². The zero-order valence-electron chi connectivity index (χ0n) is 14.0. The number of benzene rings is 1. The Kier molecular flexibility index (Phi) is 3.57. The van der Waals surface area contributed by atoms with Crippen molar-refractivity contribution in [3.05, 3.63) is 29.8 Å². The minimum atomic E-state index is -1.67. The van der Waals surface area contributed by atoms with Gasteiger partial charge in [0.05, 0.1) is 11.6 Å². The number of hydrogen-bond acceptors (Lipinski definition) is 3. The lowest BCUT2D eigenvalue weighted by molar-refractivity contribution is -0.149. The van der Waals surface area contributed by atoms with Gasteiger partial charge in [0.1, 0.15) is 0 Å². The fourth-order valence-corrected chi connectivity index (χ4v) is 4.21. The number of carbonyl (C=O) groups is 2. The molecule has 6 heteroatoms. The first-order valence-electron chi connectivity index (χ1n) is 8.74. The van der Waals surface area contributed by atoms with Gasteiger partial charge < -0.3 is 9.80 Å². The molecule has 25 heavy (non-hydrogen) atoms. The largest absolute Gasteiger partial charge is 0.339 e. The first-order chi connectivity index (χ1) is 11.9. The summed E-state index contributed by atoms with van der Waals surface area (Å²) in [6.07, 6.45) is 2.53. The Hall–Kier alpha value is -2.42. The van der Waals surface area contributed by atoms with Crippen LogP contribution >= 0.6 is 0 Å². The Balaban J connectivity index is 1.48. The molecule has 0 bridgehead atoms. The third-order valence-electron chi connectivity index (χ3n) is 5.88. The molecule has 4 rings (SSSR count). The summed E-state index contributed by atoms with van der Waals surface area (Å²) in [5.41, 5.74) is -0.620. The summed E-state index contributed by atoms with van der Waals surface area (Å²) in [7, 11) is 0. The molecule has 1 aliphatic carbocycles. The van der Waals surface area contributed by atoms with Crippen LogP contribution in [0, 0.1) is 16.7 Å². The Bertz CT molecular complexity index is 766. The summed E-state index contributed by atoms with van der Waals surface area (Å²) in [5.74, 6) is -0.363. The van der Waals surface area contributed by atoms with Crippen LogP contribution in [-0.2, 0) is 9.59 Å². The molecule has 2 aliphatic heterocycles. The van der Waals surface area contributed by atoms with E-state index in [1.165, 1.54) is 0 Å². The van der Waals surface area contributed by atoms with Gasteiger partial charge in [0, 0.05) is 37.2 Å². The number of nitrogens with zero attached hydrogens (tertiary/aromatic N) is 3. The highest BCUT2D eigenvalue weighted by Gasteiger charge is 2.53. The van der Waals surface area contributed by atoms with Crippen molar-refractivity contribution in [2.45, 2.75) is 37.8 Å². The molecule has 0 N–H and O–H groups in total. The van der Waals surface area contributed by atoms with Crippen LogP contribution in [0.25, 0.3) is 0 Å². The zero-order chi connectivity index (χ0) is 17.7. The van der Waals surface area contributed by atoms with E-state index in [1.54, 1.807) is 34.1 Å². The maximum absolute atomic E-state index is 14.4. The number of nitriles is 1. The molecule has 1 aromatic carbocycles. The van der Waals surface area contributed by atoms with Crippen LogP contribution < -0.4 is 4.90 Å². The SMILES string of the molecule is N#Cc1ccc(N2C[C@]3(CCN(C(=O)C4(F)CCC4)C3)CC2=O)cc1. The smallest absolute Gasteiger partial charge is 0.260 e. The van der Waals surface area contributed by atoms with E-state index in [0.29, 0.717) is 44.5 Å². The normalized spacial score (nSPS) is 27.4. The molecule has 5 nitrogen and oxygen atoms in total. The lowest BCUT2D eigenvalue weighted by Gasteiger charge is -2.36. The summed E-state index contributed by atoms with van der Waals surface area (Å²) in [4.78, 5) is 28.3. The van der Waals surface area contributed by atoms with Gasteiger partial charge in [-0.1, -0.05) is 0 Å². The first kappa shape index (κ1) is 16.1. The molecule has 1 saturated carbocycles. The summed E-state index contributed by atoms with van der Waals surface area (Å²) >= 11 is 0. The number of alkyl halides is 1. The molecule has 0 radical (unpaired) electrons. The van der Waals surface area contributed by atoms with Crippen LogP contribution in [0.1, 0.15) is 37.7 Å². The molecule has 0 aromatic heterocycles. The van der Waals surface area contributed by atoms with Crippen LogP contribution in [0.2, 0.25) is 0 Å². The van der Waals surface area contributed by atoms with E-state index >= 15 is 0 Å². The predicted octanol–water partition coefficient (Wildman–Crippen LogP) is 2.41. The Morgan fingerprint density at radius 2 is 1.88 bits per heavy atom. The molecule has 3 fully saturated rings. The van der Waals surface area contributed by atoms with Crippen molar-refractivity contribution < 1.29 is 14.0 Å². The highest BCUT2D eigenvalue weighted by Crippen LogP contribution is 2.44. The van der Waals surface area contributed by atoms with Gasteiger partial charge in [0.2, 0.25) is 5.91 Å². The van der Waals surface area contributed by atoms with Crippen LogP contribution in [-0.4, -0.2) is 42.0 Å².